The molecule has 0 aliphatic carbocycles. The molecule has 0 aromatic carbocycles. The van der Waals surface area contributed by atoms with Gasteiger partial charge in [-0.05, 0) is 52.7 Å². The van der Waals surface area contributed by atoms with Gasteiger partial charge in [0.15, 0.2) is 0 Å². The smallest absolute Gasteiger partial charge is 0.412 e. The van der Waals surface area contributed by atoms with Gasteiger partial charge in [-0.15, -0.1) is 0 Å². The molecular weight excluding hydrogens is 254 g/mol. The van der Waals surface area contributed by atoms with Crippen LogP contribution in [0, 0.1) is 6.92 Å². The van der Waals surface area contributed by atoms with Crippen LogP contribution < -0.4 is 10.2 Å². The molecule has 1 aromatic rings. The van der Waals surface area contributed by atoms with Crippen LogP contribution in [0.3, 0.4) is 0 Å². The highest BCUT2D eigenvalue weighted by atomic mass is 16.6. The molecule has 5 heteroatoms. The lowest BCUT2D eigenvalue weighted by atomic mass is 10.2. The van der Waals surface area contributed by atoms with Gasteiger partial charge in [0.25, 0.3) is 0 Å². The fourth-order valence-corrected chi connectivity index (χ4v) is 2.22. The fourth-order valence-electron chi connectivity index (χ4n) is 2.22. The van der Waals surface area contributed by atoms with Crippen LogP contribution in [0.2, 0.25) is 0 Å². The molecule has 0 spiro atoms. The molecule has 5 nitrogen and oxygen atoms in total. The average Bonchev–Trinajstić information content (AvgIpc) is 2.82. The van der Waals surface area contributed by atoms with Crippen molar-refractivity contribution in [3.8, 4) is 0 Å². The minimum atomic E-state index is -0.499. The molecule has 1 aliphatic heterocycles. The van der Waals surface area contributed by atoms with Crippen LogP contribution in [0.1, 0.15) is 39.3 Å². The first-order chi connectivity index (χ1) is 9.35. The molecule has 0 saturated carbocycles. The first-order valence-corrected chi connectivity index (χ1v) is 7.08. The van der Waals surface area contributed by atoms with E-state index in [1.807, 2.05) is 39.8 Å². The number of anilines is 2. The lowest BCUT2D eigenvalue weighted by molar-refractivity contribution is 0.0635. The molecule has 110 valence electrons. The summed E-state index contributed by atoms with van der Waals surface area (Å²) in [5.74, 6) is 0.981. The van der Waals surface area contributed by atoms with E-state index in [4.69, 9.17) is 4.74 Å². The number of pyridine rings is 1. The fraction of sp³-hybridized carbons (Fsp3) is 0.600. The zero-order valence-corrected chi connectivity index (χ0v) is 12.7. The van der Waals surface area contributed by atoms with Crippen LogP contribution in [0.25, 0.3) is 0 Å². The number of rotatable bonds is 2. The van der Waals surface area contributed by atoms with E-state index < -0.39 is 11.7 Å². The van der Waals surface area contributed by atoms with Crippen molar-refractivity contribution >= 4 is 17.6 Å². The van der Waals surface area contributed by atoms with Gasteiger partial charge in [0, 0.05) is 13.1 Å². The molecule has 20 heavy (non-hydrogen) atoms. The third kappa shape index (κ3) is 3.85. The number of nitrogens with zero attached hydrogens (tertiary/aromatic N) is 2. The van der Waals surface area contributed by atoms with Crippen LogP contribution in [-0.2, 0) is 4.74 Å². The number of hydrogen-bond donors (Lipinski definition) is 1. The standard InChI is InChI=1S/C15H23N3O2/c1-11-12(17-14(19)20-15(2,3)4)7-8-13(16-11)18-9-5-6-10-18/h7-8H,5-6,9-10H2,1-4H3,(H,17,19). The van der Waals surface area contributed by atoms with Crippen molar-refractivity contribution < 1.29 is 9.53 Å². The summed E-state index contributed by atoms with van der Waals surface area (Å²) in [6.07, 6.45) is 1.99. The molecule has 2 heterocycles. The summed E-state index contributed by atoms with van der Waals surface area (Å²) in [5, 5.41) is 2.74. The quantitative estimate of drug-likeness (QED) is 0.900. The van der Waals surface area contributed by atoms with Gasteiger partial charge >= 0.3 is 6.09 Å². The monoisotopic (exact) mass is 277 g/mol. The van der Waals surface area contributed by atoms with Crippen molar-refractivity contribution in [1.29, 1.82) is 0 Å². The number of hydrogen-bond acceptors (Lipinski definition) is 4. The third-order valence-corrected chi connectivity index (χ3v) is 3.14. The van der Waals surface area contributed by atoms with Crippen LogP contribution >= 0.6 is 0 Å². The molecular formula is C15H23N3O2. The van der Waals surface area contributed by atoms with Gasteiger partial charge in [0.05, 0.1) is 11.4 Å². The SMILES string of the molecule is Cc1nc(N2CCCC2)ccc1NC(=O)OC(C)(C)C. The van der Waals surface area contributed by atoms with E-state index in [0.717, 1.165) is 24.6 Å². The number of nitrogens with one attached hydrogen (secondary N) is 1. The highest BCUT2D eigenvalue weighted by Gasteiger charge is 2.18. The van der Waals surface area contributed by atoms with Gasteiger partial charge in [-0.1, -0.05) is 0 Å². The lowest BCUT2D eigenvalue weighted by Crippen LogP contribution is -2.27. The van der Waals surface area contributed by atoms with E-state index in [9.17, 15) is 4.79 Å². The Bertz CT molecular complexity index is 488. The van der Waals surface area contributed by atoms with Crippen molar-refractivity contribution in [2.24, 2.45) is 0 Å². The second kappa shape index (κ2) is 5.69. The predicted octanol–water partition coefficient (Wildman–Crippen LogP) is 3.34. The summed E-state index contributed by atoms with van der Waals surface area (Å²) in [6.45, 7) is 9.54. The highest BCUT2D eigenvalue weighted by molar-refractivity contribution is 5.85. The van der Waals surface area contributed by atoms with Gasteiger partial charge in [-0.2, -0.15) is 0 Å². The van der Waals surface area contributed by atoms with Gasteiger partial charge in [0.2, 0.25) is 0 Å². The number of aromatic nitrogens is 1. The Morgan fingerprint density at radius 1 is 1.30 bits per heavy atom. The summed E-state index contributed by atoms with van der Waals surface area (Å²) in [6, 6.07) is 3.84. The van der Waals surface area contributed by atoms with Crippen molar-refractivity contribution in [3.05, 3.63) is 17.8 Å². The Morgan fingerprint density at radius 2 is 1.95 bits per heavy atom. The molecule has 0 bridgehead atoms. The number of carbonyl (C=O) groups is 1. The Hall–Kier alpha value is -1.78. The van der Waals surface area contributed by atoms with Gasteiger partial charge in [-0.25, -0.2) is 9.78 Å². The van der Waals surface area contributed by atoms with Crippen LogP contribution in [0.4, 0.5) is 16.3 Å². The molecule has 1 aromatic heterocycles. The van der Waals surface area contributed by atoms with E-state index in [-0.39, 0.29) is 0 Å². The Labute approximate surface area is 120 Å². The first-order valence-electron chi connectivity index (χ1n) is 7.08. The Morgan fingerprint density at radius 3 is 2.50 bits per heavy atom. The van der Waals surface area contributed by atoms with E-state index in [0.29, 0.717) is 5.69 Å². The summed E-state index contributed by atoms with van der Waals surface area (Å²) in [4.78, 5) is 18.6. The van der Waals surface area contributed by atoms with Crippen LogP contribution in [-0.4, -0.2) is 29.8 Å². The predicted molar refractivity (Wildman–Crippen MR) is 80.3 cm³/mol. The van der Waals surface area contributed by atoms with E-state index in [2.05, 4.69) is 15.2 Å². The Balaban J connectivity index is 2.04. The summed E-state index contributed by atoms with van der Waals surface area (Å²) >= 11 is 0. The second-order valence-electron chi connectivity index (χ2n) is 6.12. The van der Waals surface area contributed by atoms with Crippen molar-refractivity contribution in [1.82, 2.24) is 4.98 Å². The van der Waals surface area contributed by atoms with Crippen LogP contribution in [0.5, 0.6) is 0 Å². The summed E-state index contributed by atoms with van der Waals surface area (Å²) in [5.41, 5.74) is 1.00. The molecule has 1 fully saturated rings. The molecule has 2 rings (SSSR count). The molecule has 1 amide bonds. The molecule has 1 aliphatic rings. The summed E-state index contributed by atoms with van der Waals surface area (Å²) < 4.78 is 5.24. The second-order valence-corrected chi connectivity index (χ2v) is 6.12. The van der Waals surface area contributed by atoms with E-state index >= 15 is 0 Å². The maximum Gasteiger partial charge on any atom is 0.412 e. The average molecular weight is 277 g/mol. The number of carbonyl (C=O) groups excluding carboxylic acids is 1. The highest BCUT2D eigenvalue weighted by Crippen LogP contribution is 2.22. The van der Waals surface area contributed by atoms with Gasteiger partial charge in [0.1, 0.15) is 11.4 Å². The van der Waals surface area contributed by atoms with Crippen molar-refractivity contribution in [2.45, 2.75) is 46.1 Å². The number of amides is 1. The van der Waals surface area contributed by atoms with Gasteiger partial charge < -0.3 is 9.64 Å². The first kappa shape index (κ1) is 14.6. The van der Waals surface area contributed by atoms with Crippen molar-refractivity contribution in [2.75, 3.05) is 23.3 Å². The van der Waals surface area contributed by atoms with Gasteiger partial charge in [-0.3, -0.25) is 5.32 Å². The molecule has 1 saturated heterocycles. The van der Waals surface area contributed by atoms with Crippen molar-refractivity contribution in [3.63, 3.8) is 0 Å². The molecule has 0 radical (unpaired) electrons. The normalized spacial score (nSPS) is 15.3. The maximum atomic E-state index is 11.7. The third-order valence-electron chi connectivity index (χ3n) is 3.14. The minimum Gasteiger partial charge on any atom is -0.444 e. The summed E-state index contributed by atoms with van der Waals surface area (Å²) in [7, 11) is 0. The number of ether oxygens (including phenoxy) is 1. The number of aryl methyl sites for hydroxylation is 1. The molecule has 0 unspecified atom stereocenters. The Kier molecular flexibility index (Phi) is 4.16. The largest absolute Gasteiger partial charge is 0.444 e. The lowest BCUT2D eigenvalue weighted by Gasteiger charge is -2.21. The van der Waals surface area contributed by atoms with E-state index in [1.54, 1.807) is 0 Å². The zero-order valence-electron chi connectivity index (χ0n) is 12.7. The van der Waals surface area contributed by atoms with E-state index in [1.165, 1.54) is 12.8 Å². The molecule has 0 atom stereocenters. The topological polar surface area (TPSA) is 54.5 Å². The molecule has 1 N–H and O–H groups in total. The van der Waals surface area contributed by atoms with Crippen LogP contribution in [0.15, 0.2) is 12.1 Å². The zero-order chi connectivity index (χ0) is 14.8. The minimum absolute atomic E-state index is 0.448. The maximum absolute atomic E-state index is 11.7.